The van der Waals surface area contributed by atoms with Crippen LogP contribution in [0.1, 0.15) is 239 Å². The van der Waals surface area contributed by atoms with Gasteiger partial charge in [-0.05, 0) is 12.8 Å². The fourth-order valence-corrected chi connectivity index (χ4v) is 8.98. The van der Waals surface area contributed by atoms with Crippen LogP contribution in [0.5, 0.6) is 0 Å². The standard InChI is InChI=1S/C48H95NO12S/c1-3-5-7-9-11-13-15-17-19-20-21-23-25-27-29-31-33-35-37-42(52)47(55)49-40(39-59-48-45(54)46(61-62(56,57)58)44(53)43(38-50)60-48)41(51)36-34-32-30-28-26-24-22-18-16-14-12-10-8-6-4-2/h40-46,48,50-54H,3-39H2,1-2H3,(H,49,55)(H,56,57,58). The predicted octanol–water partition coefficient (Wildman–Crippen LogP) is 9.53. The second-order valence-corrected chi connectivity index (χ2v) is 19.3. The quantitative estimate of drug-likeness (QED) is 0.0225. The Balaban J connectivity index is 2.48. The molecule has 1 heterocycles. The van der Waals surface area contributed by atoms with Gasteiger partial charge in [-0.3, -0.25) is 9.35 Å². The van der Waals surface area contributed by atoms with Gasteiger partial charge in [-0.25, -0.2) is 4.18 Å². The molecule has 13 nitrogen and oxygen atoms in total. The maximum atomic E-state index is 13.2. The van der Waals surface area contributed by atoms with Crippen molar-refractivity contribution >= 4 is 16.3 Å². The topological polar surface area (TPSA) is 212 Å². The number of aliphatic hydroxyl groups excluding tert-OH is 5. The lowest BCUT2D eigenvalue weighted by Gasteiger charge is -2.41. The summed E-state index contributed by atoms with van der Waals surface area (Å²) < 4.78 is 47.7. The van der Waals surface area contributed by atoms with Crippen molar-refractivity contribution in [2.75, 3.05) is 13.2 Å². The van der Waals surface area contributed by atoms with Crippen LogP contribution >= 0.6 is 0 Å². The third kappa shape index (κ3) is 31.1. The molecule has 1 fully saturated rings. The fraction of sp³-hybridized carbons (Fsp3) is 0.979. The number of nitrogens with one attached hydrogen (secondary N) is 1. The minimum atomic E-state index is -5.11. The summed E-state index contributed by atoms with van der Waals surface area (Å²) in [5, 5.41) is 55.5. The Morgan fingerprint density at radius 3 is 1.29 bits per heavy atom. The van der Waals surface area contributed by atoms with Crippen molar-refractivity contribution in [3.05, 3.63) is 0 Å². The van der Waals surface area contributed by atoms with Crippen molar-refractivity contribution in [2.45, 2.75) is 288 Å². The molecule has 0 spiro atoms. The molecule has 1 aliphatic heterocycles. The lowest BCUT2D eigenvalue weighted by atomic mass is 9.99. The SMILES string of the molecule is CCCCCCCCCCCCCCCCCCCCC(O)C(=O)NC(COC1OC(CO)C(O)C(OS(=O)(=O)O)C1O)C(O)CCCCCCCCCCCCCCCCC. The number of ether oxygens (including phenoxy) is 2. The number of rotatable bonds is 44. The predicted molar refractivity (Wildman–Crippen MR) is 247 cm³/mol. The molecule has 62 heavy (non-hydrogen) atoms. The molecule has 0 bridgehead atoms. The zero-order chi connectivity index (χ0) is 45.7. The molecule has 0 saturated carbocycles. The average Bonchev–Trinajstić information content (AvgIpc) is 3.24. The van der Waals surface area contributed by atoms with E-state index in [1.54, 1.807) is 0 Å². The first-order valence-corrected chi connectivity index (χ1v) is 26.9. The van der Waals surface area contributed by atoms with E-state index in [4.69, 9.17) is 9.47 Å². The Hall–Kier alpha value is -0.940. The number of hydrogen-bond donors (Lipinski definition) is 7. The van der Waals surface area contributed by atoms with Gasteiger partial charge in [0.1, 0.15) is 30.5 Å². The van der Waals surface area contributed by atoms with E-state index >= 15 is 0 Å². The van der Waals surface area contributed by atoms with Gasteiger partial charge < -0.3 is 40.3 Å². The van der Waals surface area contributed by atoms with Crippen molar-refractivity contribution in [1.29, 1.82) is 0 Å². The molecular weight excluding hydrogens is 815 g/mol. The highest BCUT2D eigenvalue weighted by atomic mass is 32.3. The molecule has 0 aliphatic carbocycles. The highest BCUT2D eigenvalue weighted by molar-refractivity contribution is 7.80. The molecule has 8 atom stereocenters. The van der Waals surface area contributed by atoms with E-state index in [2.05, 4.69) is 23.3 Å². The molecule has 1 aliphatic rings. The van der Waals surface area contributed by atoms with E-state index in [-0.39, 0.29) is 6.42 Å². The summed E-state index contributed by atoms with van der Waals surface area (Å²) in [5.74, 6) is -0.664. The molecule has 370 valence electrons. The number of carbonyl (C=O) groups is 1. The molecule has 0 aromatic carbocycles. The summed E-state index contributed by atoms with van der Waals surface area (Å²) in [4.78, 5) is 13.2. The second-order valence-electron chi connectivity index (χ2n) is 18.3. The molecule has 1 rings (SSSR count). The average molecular weight is 910 g/mol. The Labute approximate surface area is 378 Å². The Bertz CT molecular complexity index is 1130. The number of hydrogen-bond acceptors (Lipinski definition) is 11. The third-order valence-corrected chi connectivity index (χ3v) is 13.0. The lowest BCUT2D eigenvalue weighted by Crippen LogP contribution is -2.61. The molecule has 1 saturated heterocycles. The smallest absolute Gasteiger partial charge is 0.394 e. The highest BCUT2D eigenvalue weighted by Crippen LogP contribution is 2.26. The van der Waals surface area contributed by atoms with Gasteiger partial charge in [0.25, 0.3) is 0 Å². The first-order valence-electron chi connectivity index (χ1n) is 25.5. The molecule has 14 heteroatoms. The normalized spacial score (nSPS) is 20.9. The van der Waals surface area contributed by atoms with E-state index in [9.17, 15) is 43.3 Å². The zero-order valence-electron chi connectivity index (χ0n) is 39.3. The summed E-state index contributed by atoms with van der Waals surface area (Å²) in [6.45, 7) is 3.31. The van der Waals surface area contributed by atoms with Crippen molar-refractivity contribution in [1.82, 2.24) is 5.32 Å². The maximum absolute atomic E-state index is 13.2. The van der Waals surface area contributed by atoms with E-state index in [1.807, 2.05) is 0 Å². The van der Waals surface area contributed by atoms with Gasteiger partial charge in [0, 0.05) is 0 Å². The van der Waals surface area contributed by atoms with E-state index < -0.39 is 78.5 Å². The van der Waals surface area contributed by atoms with E-state index in [1.165, 1.54) is 161 Å². The fourth-order valence-electron chi connectivity index (χ4n) is 8.47. The molecule has 8 unspecified atom stereocenters. The summed E-state index contributed by atoms with van der Waals surface area (Å²) in [7, 11) is -5.11. The number of amides is 1. The first-order chi connectivity index (χ1) is 29.9. The van der Waals surface area contributed by atoms with Crippen LogP contribution in [-0.2, 0) is 28.9 Å². The van der Waals surface area contributed by atoms with Gasteiger partial charge in [-0.2, -0.15) is 8.42 Å². The first kappa shape index (κ1) is 59.1. The van der Waals surface area contributed by atoms with E-state index in [0.29, 0.717) is 19.3 Å². The summed E-state index contributed by atoms with van der Waals surface area (Å²) in [6, 6.07) is -1.03. The van der Waals surface area contributed by atoms with Crippen LogP contribution in [0.3, 0.4) is 0 Å². The van der Waals surface area contributed by atoms with E-state index in [0.717, 1.165) is 38.5 Å². The number of carbonyl (C=O) groups excluding carboxylic acids is 1. The minimum absolute atomic E-state index is 0.266. The van der Waals surface area contributed by atoms with Gasteiger partial charge in [0.2, 0.25) is 5.91 Å². The van der Waals surface area contributed by atoms with Crippen LogP contribution in [0.2, 0.25) is 0 Å². The lowest BCUT2D eigenvalue weighted by molar-refractivity contribution is -0.298. The van der Waals surface area contributed by atoms with Crippen molar-refractivity contribution in [3.63, 3.8) is 0 Å². The van der Waals surface area contributed by atoms with Crippen LogP contribution in [0.4, 0.5) is 0 Å². The minimum Gasteiger partial charge on any atom is -0.394 e. The van der Waals surface area contributed by atoms with Gasteiger partial charge in [0.15, 0.2) is 6.29 Å². The Morgan fingerprint density at radius 2 is 0.935 bits per heavy atom. The second kappa shape index (κ2) is 39.2. The van der Waals surface area contributed by atoms with Crippen LogP contribution in [0.25, 0.3) is 0 Å². The summed E-state index contributed by atoms with van der Waals surface area (Å²) >= 11 is 0. The highest BCUT2D eigenvalue weighted by Gasteiger charge is 2.48. The number of unbranched alkanes of at least 4 members (excludes halogenated alkanes) is 31. The van der Waals surface area contributed by atoms with Gasteiger partial charge >= 0.3 is 10.4 Å². The number of aliphatic hydroxyl groups is 5. The van der Waals surface area contributed by atoms with Crippen LogP contribution < -0.4 is 5.32 Å². The zero-order valence-corrected chi connectivity index (χ0v) is 40.1. The Morgan fingerprint density at radius 1 is 0.581 bits per heavy atom. The van der Waals surface area contributed by atoms with Gasteiger partial charge in [-0.1, -0.05) is 226 Å². The molecular formula is C48H95NO12S. The molecule has 0 aromatic heterocycles. The maximum Gasteiger partial charge on any atom is 0.397 e. The molecule has 0 aromatic rings. The molecule has 0 radical (unpaired) electrons. The summed E-state index contributed by atoms with van der Waals surface area (Å²) in [6.07, 6.45) is 29.9. The van der Waals surface area contributed by atoms with Crippen molar-refractivity contribution in [3.8, 4) is 0 Å². The van der Waals surface area contributed by atoms with Gasteiger partial charge in [-0.15, -0.1) is 0 Å². The van der Waals surface area contributed by atoms with Crippen LogP contribution in [0, 0.1) is 0 Å². The monoisotopic (exact) mass is 910 g/mol. The van der Waals surface area contributed by atoms with Crippen molar-refractivity contribution in [2.24, 2.45) is 0 Å². The van der Waals surface area contributed by atoms with Gasteiger partial charge in [0.05, 0.1) is 25.4 Å². The molecule has 7 N–H and O–H groups in total. The largest absolute Gasteiger partial charge is 0.397 e. The summed E-state index contributed by atoms with van der Waals surface area (Å²) in [5.41, 5.74) is 0. The molecule has 1 amide bonds. The van der Waals surface area contributed by atoms with Crippen molar-refractivity contribution < 1.29 is 57.0 Å². The van der Waals surface area contributed by atoms with Crippen LogP contribution in [0.15, 0.2) is 0 Å². The van der Waals surface area contributed by atoms with Crippen LogP contribution in [-0.4, -0.2) is 107 Å². The third-order valence-electron chi connectivity index (χ3n) is 12.5. The Kier molecular flexibility index (Phi) is 37.4.